The first kappa shape index (κ1) is 13.2. The summed E-state index contributed by atoms with van der Waals surface area (Å²) in [6.07, 6.45) is 0. The summed E-state index contributed by atoms with van der Waals surface area (Å²) in [5, 5.41) is 3.23. The molecule has 22 heavy (non-hydrogen) atoms. The molecular weight excluding hydrogens is 342 g/mol. The number of hydrogen-bond donors (Lipinski definition) is 1. The predicted molar refractivity (Wildman–Crippen MR) is 93.6 cm³/mol. The number of aromatic nitrogens is 1. The SMILES string of the molecule is O=c1[nH]c2ccc(Br)cc2c(=O)c2cc3ccccc3cc12. The van der Waals surface area contributed by atoms with E-state index in [1.807, 2.05) is 24.3 Å². The predicted octanol–water partition coefficient (Wildman–Crippen LogP) is 3.96. The Morgan fingerprint density at radius 3 is 2.18 bits per heavy atom. The largest absolute Gasteiger partial charge is 0.321 e. The summed E-state index contributed by atoms with van der Waals surface area (Å²) in [5.74, 6) is 0. The van der Waals surface area contributed by atoms with Gasteiger partial charge in [0.2, 0.25) is 0 Å². The number of benzene rings is 3. The molecule has 0 aliphatic rings. The van der Waals surface area contributed by atoms with Gasteiger partial charge in [0.15, 0.2) is 5.43 Å². The van der Waals surface area contributed by atoms with Crippen LogP contribution in [-0.4, -0.2) is 4.98 Å². The lowest BCUT2D eigenvalue weighted by molar-refractivity contribution is 1.36. The van der Waals surface area contributed by atoms with Crippen molar-refractivity contribution >= 4 is 48.4 Å². The number of aromatic amines is 1. The average molecular weight is 352 g/mol. The van der Waals surface area contributed by atoms with E-state index in [2.05, 4.69) is 20.9 Å². The first-order valence-electron chi connectivity index (χ1n) is 6.82. The molecule has 1 N–H and O–H groups in total. The van der Waals surface area contributed by atoms with E-state index in [1.165, 1.54) is 0 Å². The van der Waals surface area contributed by atoms with E-state index in [-0.39, 0.29) is 11.0 Å². The Balaban J connectivity index is 2.37. The van der Waals surface area contributed by atoms with Crippen LogP contribution in [0, 0.1) is 0 Å². The fraction of sp³-hybridized carbons (Fsp3) is 0. The van der Waals surface area contributed by atoms with E-state index in [9.17, 15) is 9.59 Å². The molecule has 3 aromatic carbocycles. The maximum atomic E-state index is 12.9. The molecule has 106 valence electrons. The van der Waals surface area contributed by atoms with Crippen LogP contribution in [0.15, 0.2) is 68.7 Å². The van der Waals surface area contributed by atoms with Gasteiger partial charge in [0.1, 0.15) is 0 Å². The zero-order chi connectivity index (χ0) is 15.3. The first-order valence-corrected chi connectivity index (χ1v) is 7.61. The van der Waals surface area contributed by atoms with Crippen LogP contribution in [0.25, 0.3) is 32.4 Å². The van der Waals surface area contributed by atoms with Gasteiger partial charge in [0, 0.05) is 15.2 Å². The molecule has 1 aromatic heterocycles. The van der Waals surface area contributed by atoms with Crippen LogP contribution in [0.4, 0.5) is 0 Å². The minimum absolute atomic E-state index is 0.143. The number of fused-ring (bicyclic) bond motifs is 3. The molecule has 4 aromatic rings. The van der Waals surface area contributed by atoms with Crippen molar-refractivity contribution in [1.29, 1.82) is 0 Å². The molecule has 0 spiro atoms. The first-order chi connectivity index (χ1) is 10.6. The summed E-state index contributed by atoms with van der Waals surface area (Å²) >= 11 is 3.37. The maximum absolute atomic E-state index is 12.9. The third kappa shape index (κ3) is 1.96. The summed E-state index contributed by atoms with van der Waals surface area (Å²) in [4.78, 5) is 28.1. The van der Waals surface area contributed by atoms with E-state index >= 15 is 0 Å². The molecule has 0 atom stereocenters. The van der Waals surface area contributed by atoms with Gasteiger partial charge in [-0.2, -0.15) is 0 Å². The molecule has 3 nitrogen and oxygen atoms in total. The number of rotatable bonds is 0. The van der Waals surface area contributed by atoms with Crippen LogP contribution in [-0.2, 0) is 0 Å². The van der Waals surface area contributed by atoms with Crippen molar-refractivity contribution in [3.05, 3.63) is 79.6 Å². The van der Waals surface area contributed by atoms with Crippen molar-refractivity contribution in [3.8, 4) is 0 Å². The monoisotopic (exact) mass is 351 g/mol. The molecule has 0 amide bonds. The average Bonchev–Trinajstić information content (AvgIpc) is 2.63. The van der Waals surface area contributed by atoms with Crippen molar-refractivity contribution in [3.63, 3.8) is 0 Å². The van der Waals surface area contributed by atoms with Gasteiger partial charge in [-0.25, -0.2) is 0 Å². The molecule has 0 aliphatic carbocycles. The third-order valence-corrected chi connectivity index (χ3v) is 4.34. The maximum Gasteiger partial charge on any atom is 0.256 e. The van der Waals surface area contributed by atoms with Crippen molar-refractivity contribution < 1.29 is 0 Å². The number of hydrogen-bond acceptors (Lipinski definition) is 2. The summed E-state index contributed by atoms with van der Waals surface area (Å²) in [7, 11) is 0. The number of nitrogens with one attached hydrogen (secondary N) is 1. The van der Waals surface area contributed by atoms with Gasteiger partial charge in [0.05, 0.1) is 10.9 Å². The fourth-order valence-electron chi connectivity index (χ4n) is 2.76. The Labute approximate surface area is 133 Å². The second-order valence-corrected chi connectivity index (χ2v) is 6.13. The van der Waals surface area contributed by atoms with E-state index in [1.54, 1.807) is 30.3 Å². The van der Waals surface area contributed by atoms with Gasteiger partial charge in [-0.05, 0) is 41.1 Å². The molecule has 0 saturated carbocycles. The van der Waals surface area contributed by atoms with Crippen molar-refractivity contribution in [2.45, 2.75) is 0 Å². The standard InChI is InChI=1S/C18H10BrNO2/c19-12-5-6-16-15(9-12)17(21)13-7-10-3-1-2-4-11(10)8-14(13)18(22)20-16/h1-9H,(H,20,22). The third-order valence-electron chi connectivity index (χ3n) is 3.85. The summed E-state index contributed by atoms with van der Waals surface area (Å²) < 4.78 is 0.804. The van der Waals surface area contributed by atoms with Crippen LogP contribution in [0.5, 0.6) is 0 Å². The van der Waals surface area contributed by atoms with Gasteiger partial charge in [0.25, 0.3) is 5.56 Å². The Bertz CT molecular complexity index is 1180. The minimum Gasteiger partial charge on any atom is -0.321 e. The van der Waals surface area contributed by atoms with E-state index in [0.29, 0.717) is 21.7 Å². The molecule has 0 radical (unpaired) electrons. The Hall–Kier alpha value is -2.46. The highest BCUT2D eigenvalue weighted by atomic mass is 79.9. The zero-order valence-electron chi connectivity index (χ0n) is 11.4. The smallest absolute Gasteiger partial charge is 0.256 e. The molecule has 4 rings (SSSR count). The minimum atomic E-state index is -0.254. The fourth-order valence-corrected chi connectivity index (χ4v) is 3.13. The second-order valence-electron chi connectivity index (χ2n) is 5.22. The summed E-state index contributed by atoms with van der Waals surface area (Å²) in [6, 6.07) is 16.6. The number of halogens is 1. The molecule has 0 saturated heterocycles. The molecular formula is C18H10BrNO2. The van der Waals surface area contributed by atoms with Crippen LogP contribution in [0.2, 0.25) is 0 Å². The van der Waals surface area contributed by atoms with Gasteiger partial charge in [-0.1, -0.05) is 40.2 Å². The van der Waals surface area contributed by atoms with Crippen LogP contribution in [0.1, 0.15) is 0 Å². The Morgan fingerprint density at radius 1 is 0.773 bits per heavy atom. The lowest BCUT2D eigenvalue weighted by Crippen LogP contribution is -2.03. The molecule has 0 unspecified atom stereocenters. The quantitative estimate of drug-likeness (QED) is 0.521. The van der Waals surface area contributed by atoms with Crippen LogP contribution < -0.4 is 11.0 Å². The van der Waals surface area contributed by atoms with Gasteiger partial charge in [-0.3, -0.25) is 9.59 Å². The van der Waals surface area contributed by atoms with Crippen molar-refractivity contribution in [2.75, 3.05) is 0 Å². The molecule has 0 fully saturated rings. The summed E-state index contributed by atoms with van der Waals surface area (Å²) in [6.45, 7) is 0. The molecule has 0 aliphatic heterocycles. The second kappa shape index (κ2) is 4.78. The lowest BCUT2D eigenvalue weighted by atomic mass is 10.0. The van der Waals surface area contributed by atoms with E-state index in [4.69, 9.17) is 0 Å². The Morgan fingerprint density at radius 2 is 1.45 bits per heavy atom. The van der Waals surface area contributed by atoms with Crippen LogP contribution >= 0.6 is 15.9 Å². The highest BCUT2D eigenvalue weighted by Gasteiger charge is 2.08. The van der Waals surface area contributed by atoms with Crippen molar-refractivity contribution in [1.82, 2.24) is 4.98 Å². The molecule has 1 heterocycles. The topological polar surface area (TPSA) is 49.9 Å². The molecule has 4 heteroatoms. The number of H-pyrrole nitrogens is 1. The van der Waals surface area contributed by atoms with Gasteiger partial charge < -0.3 is 4.98 Å². The van der Waals surface area contributed by atoms with Crippen LogP contribution in [0.3, 0.4) is 0 Å². The highest BCUT2D eigenvalue weighted by molar-refractivity contribution is 9.10. The van der Waals surface area contributed by atoms with Gasteiger partial charge in [-0.15, -0.1) is 0 Å². The Kier molecular flexibility index (Phi) is 2.87. The summed E-state index contributed by atoms with van der Waals surface area (Å²) in [5.41, 5.74) is 0.143. The highest BCUT2D eigenvalue weighted by Crippen LogP contribution is 2.20. The van der Waals surface area contributed by atoms with Gasteiger partial charge >= 0.3 is 0 Å². The normalized spacial score (nSPS) is 11.3. The van der Waals surface area contributed by atoms with Crippen molar-refractivity contribution in [2.24, 2.45) is 0 Å². The lowest BCUT2D eigenvalue weighted by Gasteiger charge is -1.98. The van der Waals surface area contributed by atoms with E-state index in [0.717, 1.165) is 15.2 Å². The van der Waals surface area contributed by atoms with E-state index < -0.39 is 0 Å². The molecule has 0 bridgehead atoms. The zero-order valence-corrected chi connectivity index (χ0v) is 13.0.